The Morgan fingerprint density at radius 3 is 3.05 bits per heavy atom. The molecule has 0 radical (unpaired) electrons. The fraction of sp³-hybridized carbons (Fsp3) is 0.600. The maximum absolute atomic E-state index is 5.94. The Morgan fingerprint density at radius 1 is 1.47 bits per heavy atom. The van der Waals surface area contributed by atoms with Gasteiger partial charge >= 0.3 is 0 Å². The number of hydrogen-bond acceptors (Lipinski definition) is 4. The summed E-state index contributed by atoms with van der Waals surface area (Å²) in [6, 6.07) is 6.67. The van der Waals surface area contributed by atoms with Crippen LogP contribution < -0.4 is 10.5 Å². The highest BCUT2D eigenvalue weighted by Gasteiger charge is 2.19. The van der Waals surface area contributed by atoms with E-state index in [1.165, 1.54) is 11.1 Å². The summed E-state index contributed by atoms with van der Waals surface area (Å²) >= 11 is 0. The molecule has 19 heavy (non-hydrogen) atoms. The summed E-state index contributed by atoms with van der Waals surface area (Å²) in [5, 5.41) is 0. The van der Waals surface area contributed by atoms with Crippen molar-refractivity contribution in [1.29, 1.82) is 0 Å². The summed E-state index contributed by atoms with van der Waals surface area (Å²) in [4.78, 5) is 2.26. The lowest BCUT2D eigenvalue weighted by Crippen LogP contribution is -2.33. The Bertz CT molecular complexity index is 409. The van der Waals surface area contributed by atoms with Gasteiger partial charge in [-0.25, -0.2) is 0 Å². The van der Waals surface area contributed by atoms with Crippen LogP contribution in [0.3, 0.4) is 0 Å². The average Bonchev–Trinajstić information content (AvgIpc) is 2.87. The van der Waals surface area contributed by atoms with E-state index < -0.39 is 0 Å². The highest BCUT2D eigenvalue weighted by atomic mass is 16.5. The van der Waals surface area contributed by atoms with Crippen LogP contribution in [0.2, 0.25) is 0 Å². The molecule has 0 spiro atoms. The molecule has 0 amide bonds. The van der Waals surface area contributed by atoms with E-state index in [0.29, 0.717) is 6.54 Å². The second kappa shape index (κ2) is 6.89. The first-order valence-electron chi connectivity index (χ1n) is 7.00. The molecule has 0 saturated heterocycles. The van der Waals surface area contributed by atoms with Gasteiger partial charge in [0, 0.05) is 32.2 Å². The van der Waals surface area contributed by atoms with Crippen molar-refractivity contribution in [2.45, 2.75) is 19.4 Å². The number of nitrogens with zero attached hydrogens (tertiary/aromatic N) is 1. The molecule has 2 rings (SSSR count). The monoisotopic (exact) mass is 264 g/mol. The zero-order chi connectivity index (χ0) is 13.7. The van der Waals surface area contributed by atoms with E-state index in [4.69, 9.17) is 15.2 Å². The molecule has 106 valence electrons. The summed E-state index contributed by atoms with van der Waals surface area (Å²) in [6.45, 7) is 5.83. The molecule has 1 aliphatic rings. The van der Waals surface area contributed by atoms with Gasteiger partial charge in [-0.3, -0.25) is 4.90 Å². The fourth-order valence-electron chi connectivity index (χ4n) is 2.49. The van der Waals surface area contributed by atoms with E-state index in [0.717, 1.165) is 38.5 Å². The minimum atomic E-state index is 0.242. The number of likely N-dealkylation sites (N-methyl/N-ethyl adjacent to an activating group) is 1. The van der Waals surface area contributed by atoms with Crippen LogP contribution in [-0.4, -0.2) is 44.9 Å². The van der Waals surface area contributed by atoms with Gasteiger partial charge < -0.3 is 15.2 Å². The van der Waals surface area contributed by atoms with E-state index in [1.807, 2.05) is 6.92 Å². The highest BCUT2D eigenvalue weighted by Crippen LogP contribution is 2.29. The first-order chi connectivity index (χ1) is 9.26. The van der Waals surface area contributed by atoms with Crippen LogP contribution >= 0.6 is 0 Å². The molecule has 4 heteroatoms. The van der Waals surface area contributed by atoms with Gasteiger partial charge in [-0.05, 0) is 31.2 Å². The molecule has 0 bridgehead atoms. The second-order valence-corrected chi connectivity index (χ2v) is 4.89. The number of benzene rings is 1. The van der Waals surface area contributed by atoms with Gasteiger partial charge in [-0.1, -0.05) is 12.1 Å². The van der Waals surface area contributed by atoms with Crippen LogP contribution in [-0.2, 0) is 11.2 Å². The average molecular weight is 264 g/mol. The second-order valence-electron chi connectivity index (χ2n) is 4.89. The van der Waals surface area contributed by atoms with Crippen molar-refractivity contribution in [3.8, 4) is 5.75 Å². The zero-order valence-electron chi connectivity index (χ0n) is 11.9. The molecular formula is C15H24N2O2. The Labute approximate surface area is 115 Å². The van der Waals surface area contributed by atoms with Crippen molar-refractivity contribution >= 4 is 0 Å². The van der Waals surface area contributed by atoms with Crippen molar-refractivity contribution in [1.82, 2.24) is 4.90 Å². The summed E-state index contributed by atoms with van der Waals surface area (Å²) in [7, 11) is 2.10. The quantitative estimate of drug-likeness (QED) is 0.760. The van der Waals surface area contributed by atoms with E-state index >= 15 is 0 Å². The lowest BCUT2D eigenvalue weighted by atomic mass is 10.0. The maximum Gasteiger partial charge on any atom is 0.122 e. The molecule has 0 fully saturated rings. The molecule has 1 unspecified atom stereocenters. The number of fused-ring (bicyclic) bond motifs is 1. The smallest absolute Gasteiger partial charge is 0.122 e. The van der Waals surface area contributed by atoms with Gasteiger partial charge in [0.15, 0.2) is 0 Å². The number of rotatable bonds is 7. The molecule has 1 aromatic rings. The van der Waals surface area contributed by atoms with Gasteiger partial charge in [0.25, 0.3) is 0 Å². The molecule has 4 nitrogen and oxygen atoms in total. The Kier molecular flexibility index (Phi) is 5.19. The van der Waals surface area contributed by atoms with E-state index in [1.54, 1.807) is 0 Å². The Hall–Kier alpha value is -1.10. The van der Waals surface area contributed by atoms with Crippen LogP contribution in [0.25, 0.3) is 0 Å². The predicted molar refractivity (Wildman–Crippen MR) is 76.6 cm³/mol. The Morgan fingerprint density at radius 2 is 2.32 bits per heavy atom. The van der Waals surface area contributed by atoms with Crippen LogP contribution in [0, 0.1) is 0 Å². The molecule has 1 atom stereocenters. The first-order valence-corrected chi connectivity index (χ1v) is 7.00. The molecule has 1 heterocycles. The van der Waals surface area contributed by atoms with Crippen LogP contribution in [0.1, 0.15) is 24.1 Å². The summed E-state index contributed by atoms with van der Waals surface area (Å²) in [5.41, 5.74) is 8.51. The number of nitrogens with two attached hydrogens (primary N) is 1. The summed E-state index contributed by atoms with van der Waals surface area (Å²) in [6.07, 6.45) is 1.00. The lowest BCUT2D eigenvalue weighted by molar-refractivity contribution is 0.108. The van der Waals surface area contributed by atoms with E-state index in [2.05, 4.69) is 30.1 Å². The molecule has 0 aliphatic carbocycles. The first kappa shape index (κ1) is 14.3. The SMILES string of the molecule is CCOCCN(C)C(CN)c1ccc2c(c1)CCO2. The summed E-state index contributed by atoms with van der Waals surface area (Å²) < 4.78 is 10.9. The van der Waals surface area contributed by atoms with Crippen molar-refractivity contribution in [2.75, 3.05) is 40.0 Å². The standard InChI is InChI=1S/C15H24N2O2/c1-3-18-9-7-17(2)14(11-16)12-4-5-15-13(10-12)6-8-19-15/h4-5,10,14H,3,6-9,11,16H2,1-2H3. The van der Waals surface area contributed by atoms with Gasteiger partial charge in [0.05, 0.1) is 13.2 Å². The topological polar surface area (TPSA) is 47.7 Å². The van der Waals surface area contributed by atoms with Crippen molar-refractivity contribution < 1.29 is 9.47 Å². The van der Waals surface area contributed by atoms with Gasteiger partial charge in [0.2, 0.25) is 0 Å². The third kappa shape index (κ3) is 3.47. The lowest BCUT2D eigenvalue weighted by Gasteiger charge is -2.27. The minimum absolute atomic E-state index is 0.242. The molecule has 0 aromatic heterocycles. The third-order valence-electron chi connectivity index (χ3n) is 3.65. The van der Waals surface area contributed by atoms with Gasteiger partial charge in [0.1, 0.15) is 5.75 Å². The molecule has 2 N–H and O–H groups in total. The number of ether oxygens (including phenoxy) is 2. The maximum atomic E-state index is 5.94. The normalized spacial score (nSPS) is 15.4. The third-order valence-corrected chi connectivity index (χ3v) is 3.65. The van der Waals surface area contributed by atoms with Crippen molar-refractivity contribution in [2.24, 2.45) is 5.73 Å². The largest absolute Gasteiger partial charge is 0.493 e. The van der Waals surface area contributed by atoms with Gasteiger partial charge in [-0.15, -0.1) is 0 Å². The van der Waals surface area contributed by atoms with Crippen molar-refractivity contribution in [3.63, 3.8) is 0 Å². The molecule has 1 aliphatic heterocycles. The highest BCUT2D eigenvalue weighted by molar-refractivity contribution is 5.40. The van der Waals surface area contributed by atoms with Crippen LogP contribution in [0.4, 0.5) is 0 Å². The molecule has 0 saturated carbocycles. The molecular weight excluding hydrogens is 240 g/mol. The minimum Gasteiger partial charge on any atom is -0.493 e. The fourth-order valence-corrected chi connectivity index (χ4v) is 2.49. The van der Waals surface area contributed by atoms with Crippen LogP contribution in [0.15, 0.2) is 18.2 Å². The summed E-state index contributed by atoms with van der Waals surface area (Å²) in [5.74, 6) is 1.02. The van der Waals surface area contributed by atoms with Gasteiger partial charge in [-0.2, -0.15) is 0 Å². The Balaban J connectivity index is 2.04. The zero-order valence-corrected chi connectivity index (χ0v) is 11.9. The van der Waals surface area contributed by atoms with E-state index in [9.17, 15) is 0 Å². The molecule has 1 aromatic carbocycles. The van der Waals surface area contributed by atoms with Crippen LogP contribution in [0.5, 0.6) is 5.75 Å². The van der Waals surface area contributed by atoms with Crippen molar-refractivity contribution in [3.05, 3.63) is 29.3 Å². The predicted octanol–water partition coefficient (Wildman–Crippen LogP) is 1.59. The van der Waals surface area contributed by atoms with E-state index in [-0.39, 0.29) is 6.04 Å². The number of hydrogen-bond donors (Lipinski definition) is 1.